The lowest BCUT2D eigenvalue weighted by atomic mass is 10.2. The molecule has 0 atom stereocenters. The average Bonchev–Trinajstić information content (AvgIpc) is 2.57. The number of carbonyl (C=O) groups excluding carboxylic acids is 1. The third kappa shape index (κ3) is 5.58. The molecule has 1 heterocycles. The Morgan fingerprint density at radius 2 is 1.74 bits per heavy atom. The van der Waals surface area contributed by atoms with Crippen LogP contribution < -0.4 is 15.4 Å². The number of amides is 1. The van der Waals surface area contributed by atoms with Crippen molar-refractivity contribution in [3.8, 4) is 5.75 Å². The molecular formula is C17H22N4O2. The molecule has 0 aliphatic carbocycles. The van der Waals surface area contributed by atoms with Crippen LogP contribution in [0.15, 0.2) is 36.4 Å². The quantitative estimate of drug-likeness (QED) is 0.776. The van der Waals surface area contributed by atoms with Crippen molar-refractivity contribution >= 4 is 23.2 Å². The Morgan fingerprint density at radius 3 is 2.35 bits per heavy atom. The summed E-state index contributed by atoms with van der Waals surface area (Å²) in [4.78, 5) is 11.6. The second-order valence-corrected chi connectivity index (χ2v) is 5.04. The molecule has 1 aromatic carbocycles. The van der Waals surface area contributed by atoms with Crippen LogP contribution in [0.4, 0.5) is 17.3 Å². The van der Waals surface area contributed by atoms with Gasteiger partial charge in [0.05, 0.1) is 6.61 Å². The molecule has 0 radical (unpaired) electrons. The minimum atomic E-state index is -0.0339. The standard InChI is InChI=1S/C17H22N4O2/c1-3-5-6-17(22)19-16-12-11-15(20-21-16)18-13-7-9-14(10-8-13)23-4-2/h7-12H,3-6H2,1-2H3,(H,18,20)(H,19,21,22). The Kier molecular flexibility index (Phi) is 6.35. The number of nitrogens with one attached hydrogen (secondary N) is 2. The molecule has 0 bridgehead atoms. The summed E-state index contributed by atoms with van der Waals surface area (Å²) in [7, 11) is 0. The van der Waals surface area contributed by atoms with Crippen molar-refractivity contribution in [2.75, 3.05) is 17.2 Å². The van der Waals surface area contributed by atoms with Crippen LogP contribution in [0.25, 0.3) is 0 Å². The van der Waals surface area contributed by atoms with Gasteiger partial charge in [0.2, 0.25) is 5.91 Å². The fraction of sp³-hybridized carbons (Fsp3) is 0.353. The Balaban J connectivity index is 1.90. The van der Waals surface area contributed by atoms with Gasteiger partial charge in [-0.3, -0.25) is 4.79 Å². The topological polar surface area (TPSA) is 76.1 Å². The van der Waals surface area contributed by atoms with Crippen molar-refractivity contribution in [3.63, 3.8) is 0 Å². The van der Waals surface area contributed by atoms with Crippen LogP contribution >= 0.6 is 0 Å². The van der Waals surface area contributed by atoms with Gasteiger partial charge in [-0.1, -0.05) is 13.3 Å². The summed E-state index contributed by atoms with van der Waals surface area (Å²) in [5.74, 6) is 1.87. The van der Waals surface area contributed by atoms with Crippen molar-refractivity contribution < 1.29 is 9.53 Å². The van der Waals surface area contributed by atoms with Crippen LogP contribution in [-0.4, -0.2) is 22.7 Å². The summed E-state index contributed by atoms with van der Waals surface area (Å²) in [5, 5.41) is 13.9. The molecule has 6 heteroatoms. The van der Waals surface area contributed by atoms with E-state index < -0.39 is 0 Å². The monoisotopic (exact) mass is 314 g/mol. The van der Waals surface area contributed by atoms with Crippen molar-refractivity contribution in [1.82, 2.24) is 10.2 Å². The maximum Gasteiger partial charge on any atom is 0.225 e. The van der Waals surface area contributed by atoms with E-state index >= 15 is 0 Å². The third-order valence-corrected chi connectivity index (χ3v) is 3.13. The van der Waals surface area contributed by atoms with Gasteiger partial charge in [-0.05, 0) is 49.7 Å². The summed E-state index contributed by atoms with van der Waals surface area (Å²) in [6, 6.07) is 11.1. The van der Waals surface area contributed by atoms with E-state index in [1.54, 1.807) is 12.1 Å². The smallest absolute Gasteiger partial charge is 0.225 e. The number of carbonyl (C=O) groups is 1. The second kappa shape index (κ2) is 8.73. The molecular weight excluding hydrogens is 292 g/mol. The van der Waals surface area contributed by atoms with E-state index in [1.165, 1.54) is 0 Å². The predicted molar refractivity (Wildman–Crippen MR) is 91.1 cm³/mol. The van der Waals surface area contributed by atoms with Crippen LogP contribution in [-0.2, 0) is 4.79 Å². The number of hydrogen-bond donors (Lipinski definition) is 2. The van der Waals surface area contributed by atoms with Crippen LogP contribution in [0, 0.1) is 0 Å². The van der Waals surface area contributed by atoms with E-state index in [9.17, 15) is 4.79 Å². The summed E-state index contributed by atoms with van der Waals surface area (Å²) < 4.78 is 5.40. The predicted octanol–water partition coefficient (Wildman–Crippen LogP) is 3.75. The summed E-state index contributed by atoms with van der Waals surface area (Å²) >= 11 is 0. The molecule has 1 amide bonds. The zero-order valence-electron chi connectivity index (χ0n) is 13.5. The fourth-order valence-corrected chi connectivity index (χ4v) is 1.96. The Labute approximate surface area is 136 Å². The first-order valence-electron chi connectivity index (χ1n) is 7.84. The van der Waals surface area contributed by atoms with E-state index in [1.807, 2.05) is 31.2 Å². The molecule has 23 heavy (non-hydrogen) atoms. The first-order chi connectivity index (χ1) is 11.2. The molecule has 0 saturated carbocycles. The first kappa shape index (κ1) is 16.7. The highest BCUT2D eigenvalue weighted by Crippen LogP contribution is 2.19. The van der Waals surface area contributed by atoms with Crippen molar-refractivity contribution in [2.45, 2.75) is 33.1 Å². The van der Waals surface area contributed by atoms with Crippen LogP contribution in [0.3, 0.4) is 0 Å². The van der Waals surface area contributed by atoms with E-state index in [-0.39, 0.29) is 5.91 Å². The van der Waals surface area contributed by atoms with Gasteiger partial charge >= 0.3 is 0 Å². The SMILES string of the molecule is CCCCC(=O)Nc1ccc(Nc2ccc(OCC)cc2)nn1. The van der Waals surface area contributed by atoms with Gasteiger partial charge in [0, 0.05) is 12.1 Å². The van der Waals surface area contributed by atoms with E-state index in [2.05, 4.69) is 27.8 Å². The second-order valence-electron chi connectivity index (χ2n) is 5.04. The molecule has 2 rings (SSSR count). The molecule has 122 valence electrons. The van der Waals surface area contributed by atoms with Gasteiger partial charge in [0.25, 0.3) is 0 Å². The number of aromatic nitrogens is 2. The first-order valence-corrected chi connectivity index (χ1v) is 7.84. The minimum absolute atomic E-state index is 0.0339. The lowest BCUT2D eigenvalue weighted by Gasteiger charge is -2.08. The average molecular weight is 314 g/mol. The zero-order chi connectivity index (χ0) is 16.5. The summed E-state index contributed by atoms with van der Waals surface area (Å²) in [6.45, 7) is 4.64. The molecule has 0 unspecified atom stereocenters. The van der Waals surface area contributed by atoms with Crippen molar-refractivity contribution in [2.24, 2.45) is 0 Å². The molecule has 0 fully saturated rings. The van der Waals surface area contributed by atoms with Gasteiger partial charge in [-0.15, -0.1) is 10.2 Å². The maximum atomic E-state index is 11.6. The van der Waals surface area contributed by atoms with Gasteiger partial charge in [0.1, 0.15) is 5.75 Å². The lowest BCUT2D eigenvalue weighted by Crippen LogP contribution is -2.12. The summed E-state index contributed by atoms with van der Waals surface area (Å²) in [6.07, 6.45) is 2.37. The third-order valence-electron chi connectivity index (χ3n) is 3.13. The number of unbranched alkanes of at least 4 members (excludes halogenated alkanes) is 1. The largest absolute Gasteiger partial charge is 0.494 e. The van der Waals surface area contributed by atoms with Gasteiger partial charge in [0.15, 0.2) is 11.6 Å². The van der Waals surface area contributed by atoms with Gasteiger partial charge in [-0.2, -0.15) is 0 Å². The normalized spacial score (nSPS) is 10.2. The molecule has 0 aliphatic rings. The molecule has 0 saturated heterocycles. The molecule has 2 N–H and O–H groups in total. The van der Waals surface area contributed by atoms with Crippen LogP contribution in [0.5, 0.6) is 5.75 Å². The van der Waals surface area contributed by atoms with Crippen LogP contribution in [0.2, 0.25) is 0 Å². The van der Waals surface area contributed by atoms with Gasteiger partial charge in [-0.25, -0.2) is 0 Å². The number of nitrogens with zero attached hydrogens (tertiary/aromatic N) is 2. The molecule has 6 nitrogen and oxygen atoms in total. The molecule has 1 aromatic heterocycles. The van der Waals surface area contributed by atoms with Crippen molar-refractivity contribution in [1.29, 1.82) is 0 Å². The zero-order valence-corrected chi connectivity index (χ0v) is 13.5. The lowest BCUT2D eigenvalue weighted by molar-refractivity contribution is -0.116. The highest BCUT2D eigenvalue weighted by molar-refractivity contribution is 5.89. The number of anilines is 3. The number of rotatable bonds is 8. The van der Waals surface area contributed by atoms with Crippen LogP contribution in [0.1, 0.15) is 33.1 Å². The Bertz CT molecular complexity index is 611. The van der Waals surface area contributed by atoms with E-state index in [0.717, 1.165) is 24.3 Å². The summed E-state index contributed by atoms with van der Waals surface area (Å²) in [5.41, 5.74) is 0.891. The highest BCUT2D eigenvalue weighted by Gasteiger charge is 2.04. The Hall–Kier alpha value is -2.63. The number of benzene rings is 1. The molecule has 2 aromatic rings. The number of ether oxygens (including phenoxy) is 1. The molecule has 0 spiro atoms. The van der Waals surface area contributed by atoms with E-state index in [0.29, 0.717) is 24.7 Å². The fourth-order valence-electron chi connectivity index (χ4n) is 1.96. The molecule has 0 aliphatic heterocycles. The maximum absolute atomic E-state index is 11.6. The highest BCUT2D eigenvalue weighted by atomic mass is 16.5. The van der Waals surface area contributed by atoms with E-state index in [4.69, 9.17) is 4.74 Å². The Morgan fingerprint density at radius 1 is 1.04 bits per heavy atom. The minimum Gasteiger partial charge on any atom is -0.494 e. The van der Waals surface area contributed by atoms with Crippen molar-refractivity contribution in [3.05, 3.63) is 36.4 Å². The number of hydrogen-bond acceptors (Lipinski definition) is 5. The van der Waals surface area contributed by atoms with Gasteiger partial charge < -0.3 is 15.4 Å².